The van der Waals surface area contributed by atoms with E-state index in [9.17, 15) is 9.90 Å². The number of morpholine rings is 2. The smallest absolute Gasteiger partial charge is 0.319 e. The number of halogens is 1. The van der Waals surface area contributed by atoms with Crippen molar-refractivity contribution in [3.05, 3.63) is 53.1 Å². The molecule has 4 N–H and O–H groups in total. The molecule has 1 aromatic carbocycles. The molecular formula is C30H39ClN8O5. The number of carbonyl (C=O) groups is 1. The van der Waals surface area contributed by atoms with Gasteiger partial charge >= 0.3 is 6.03 Å². The number of nitrogens with zero attached hydrogens (tertiary/aromatic N) is 6. The number of benzene rings is 1. The molecule has 3 aliphatic rings. The molecule has 0 radical (unpaired) electrons. The molecule has 0 unspecified atom stereocenters. The fraction of sp³-hybridized carbons (Fsp3) is 0.500. The van der Waals surface area contributed by atoms with Gasteiger partial charge in [-0.3, -0.25) is 0 Å². The van der Waals surface area contributed by atoms with Crippen LogP contribution in [0.3, 0.4) is 0 Å². The van der Waals surface area contributed by atoms with Crippen molar-refractivity contribution in [2.75, 3.05) is 54.6 Å². The maximum Gasteiger partial charge on any atom is 0.319 e. The second-order valence-electron chi connectivity index (χ2n) is 11.0. The summed E-state index contributed by atoms with van der Waals surface area (Å²) in [5.74, 6) is 2.09. The summed E-state index contributed by atoms with van der Waals surface area (Å²) in [7, 11) is 0. The number of hydrogen-bond donors (Lipinski definition) is 4. The van der Waals surface area contributed by atoms with Gasteiger partial charge in [0.25, 0.3) is 0 Å². The van der Waals surface area contributed by atoms with E-state index in [0.717, 1.165) is 43.1 Å². The van der Waals surface area contributed by atoms with Gasteiger partial charge < -0.3 is 40.1 Å². The highest BCUT2D eigenvalue weighted by molar-refractivity contribution is 6.28. The Morgan fingerprint density at radius 2 is 1.45 bits per heavy atom. The molecular weight excluding hydrogens is 588 g/mol. The first-order valence-electron chi connectivity index (χ1n) is 14.8. The SMILES string of the molecule is C[C@H]1COCCN1c1cc(CO)nc(-c2ccc(NC(=O)NC3CC3)cc2)n1.C[C@H]1COCCN1c1cc(CO)nc(Cl)n1. The summed E-state index contributed by atoms with van der Waals surface area (Å²) in [6, 6.07) is 11.6. The van der Waals surface area contributed by atoms with Gasteiger partial charge in [0.05, 0.1) is 63.1 Å². The summed E-state index contributed by atoms with van der Waals surface area (Å²) in [5, 5.41) is 24.6. The van der Waals surface area contributed by atoms with Crippen molar-refractivity contribution in [3.8, 4) is 11.4 Å². The lowest BCUT2D eigenvalue weighted by atomic mass is 10.2. The average Bonchev–Trinajstić information content (AvgIpc) is 3.85. The topological polar surface area (TPSA) is 158 Å². The van der Waals surface area contributed by atoms with E-state index in [-0.39, 0.29) is 36.6 Å². The van der Waals surface area contributed by atoms with Crippen molar-refractivity contribution in [3.63, 3.8) is 0 Å². The van der Waals surface area contributed by atoms with Gasteiger partial charge in [-0.15, -0.1) is 0 Å². The Morgan fingerprint density at radius 1 is 0.886 bits per heavy atom. The van der Waals surface area contributed by atoms with Gasteiger partial charge in [0, 0.05) is 42.5 Å². The molecule has 0 spiro atoms. The second-order valence-corrected chi connectivity index (χ2v) is 11.4. The van der Waals surface area contributed by atoms with Crippen LogP contribution in [0.4, 0.5) is 22.1 Å². The monoisotopic (exact) mass is 626 g/mol. The predicted octanol–water partition coefficient (Wildman–Crippen LogP) is 2.99. The van der Waals surface area contributed by atoms with Crippen LogP contribution < -0.4 is 20.4 Å². The van der Waals surface area contributed by atoms with E-state index < -0.39 is 0 Å². The molecule has 1 aliphatic carbocycles. The van der Waals surface area contributed by atoms with Crippen molar-refractivity contribution in [1.82, 2.24) is 25.3 Å². The van der Waals surface area contributed by atoms with Crippen molar-refractivity contribution in [1.29, 1.82) is 0 Å². The number of carbonyl (C=O) groups excluding carboxylic acids is 1. The molecule has 13 nitrogen and oxygen atoms in total. The van der Waals surface area contributed by atoms with Gasteiger partial charge in [-0.2, -0.15) is 0 Å². The van der Waals surface area contributed by atoms with Crippen LogP contribution in [0.5, 0.6) is 0 Å². The van der Waals surface area contributed by atoms with E-state index in [0.29, 0.717) is 55.4 Å². The Kier molecular flexibility index (Phi) is 10.8. The lowest BCUT2D eigenvalue weighted by molar-refractivity contribution is 0.0984. The largest absolute Gasteiger partial charge is 0.390 e. The molecule has 2 aromatic heterocycles. The molecule has 1 saturated carbocycles. The third-order valence-corrected chi connectivity index (χ3v) is 7.63. The number of aliphatic hydroxyl groups excluding tert-OH is 2. The van der Waals surface area contributed by atoms with E-state index >= 15 is 0 Å². The van der Waals surface area contributed by atoms with Gasteiger partial charge in [-0.05, 0) is 62.6 Å². The molecule has 44 heavy (non-hydrogen) atoms. The maximum atomic E-state index is 11.9. The minimum atomic E-state index is -0.183. The molecule has 3 fully saturated rings. The second kappa shape index (κ2) is 14.9. The average molecular weight is 627 g/mol. The van der Waals surface area contributed by atoms with Gasteiger partial charge in [0.15, 0.2) is 5.82 Å². The molecule has 2 aliphatic heterocycles. The van der Waals surface area contributed by atoms with Gasteiger partial charge in [0.1, 0.15) is 11.6 Å². The first kappa shape index (κ1) is 31.8. The third-order valence-electron chi connectivity index (χ3n) is 7.47. The Morgan fingerprint density at radius 3 is 2.00 bits per heavy atom. The zero-order valence-electron chi connectivity index (χ0n) is 24.9. The van der Waals surface area contributed by atoms with E-state index in [4.69, 9.17) is 31.2 Å². The first-order valence-corrected chi connectivity index (χ1v) is 15.2. The summed E-state index contributed by atoms with van der Waals surface area (Å²) < 4.78 is 10.9. The summed E-state index contributed by atoms with van der Waals surface area (Å²) in [4.78, 5) is 33.4. The summed E-state index contributed by atoms with van der Waals surface area (Å²) in [6.07, 6.45) is 2.10. The van der Waals surface area contributed by atoms with Crippen LogP contribution in [0.15, 0.2) is 36.4 Å². The highest BCUT2D eigenvalue weighted by Crippen LogP contribution is 2.25. The molecule has 3 aromatic rings. The third kappa shape index (κ3) is 8.51. The molecule has 6 rings (SSSR count). The number of urea groups is 1. The van der Waals surface area contributed by atoms with Crippen molar-refractivity contribution in [2.45, 2.75) is 58.0 Å². The minimum absolute atomic E-state index is 0.131. The normalized spacial score (nSPS) is 20.0. The van der Waals surface area contributed by atoms with Crippen LogP contribution in [0.25, 0.3) is 11.4 Å². The molecule has 14 heteroatoms. The molecule has 2 amide bonds. The number of aliphatic hydroxyl groups is 2. The van der Waals surface area contributed by atoms with Crippen LogP contribution >= 0.6 is 11.6 Å². The fourth-order valence-corrected chi connectivity index (χ4v) is 5.13. The molecule has 236 valence electrons. The Labute approximate surface area is 261 Å². The zero-order valence-corrected chi connectivity index (χ0v) is 25.7. The quantitative estimate of drug-likeness (QED) is 0.286. The number of aromatic nitrogens is 4. The number of amides is 2. The predicted molar refractivity (Wildman–Crippen MR) is 167 cm³/mol. The Hall–Kier alpha value is -3.62. The minimum Gasteiger partial charge on any atom is -0.390 e. The summed E-state index contributed by atoms with van der Waals surface area (Å²) >= 11 is 5.80. The van der Waals surface area contributed by atoms with Crippen LogP contribution in [-0.4, -0.2) is 93.8 Å². The van der Waals surface area contributed by atoms with Crippen LogP contribution in [0, 0.1) is 0 Å². The lowest BCUT2D eigenvalue weighted by Gasteiger charge is -2.34. The summed E-state index contributed by atoms with van der Waals surface area (Å²) in [6.45, 7) is 8.06. The molecule has 0 bridgehead atoms. The van der Waals surface area contributed by atoms with Gasteiger partial charge in [-0.25, -0.2) is 24.7 Å². The number of hydrogen-bond acceptors (Lipinski definition) is 11. The first-order chi connectivity index (χ1) is 21.3. The van der Waals surface area contributed by atoms with E-state index in [1.807, 2.05) is 30.3 Å². The van der Waals surface area contributed by atoms with Crippen molar-refractivity contribution in [2.24, 2.45) is 0 Å². The van der Waals surface area contributed by atoms with Crippen molar-refractivity contribution < 1.29 is 24.5 Å². The highest BCUT2D eigenvalue weighted by Gasteiger charge is 2.24. The number of ether oxygens (including phenoxy) is 2. The maximum absolute atomic E-state index is 11.9. The Bertz CT molecular complexity index is 1410. The van der Waals surface area contributed by atoms with E-state index in [1.54, 1.807) is 6.07 Å². The molecule has 2 atom stereocenters. The zero-order chi connectivity index (χ0) is 31.1. The van der Waals surface area contributed by atoms with Gasteiger partial charge in [0.2, 0.25) is 5.28 Å². The Balaban J connectivity index is 0.000000204. The van der Waals surface area contributed by atoms with Gasteiger partial charge in [-0.1, -0.05) is 0 Å². The van der Waals surface area contributed by atoms with Crippen LogP contribution in [0.2, 0.25) is 5.28 Å². The van der Waals surface area contributed by atoms with E-state index in [1.165, 1.54) is 0 Å². The molecule has 4 heterocycles. The van der Waals surface area contributed by atoms with Crippen LogP contribution in [-0.2, 0) is 22.7 Å². The lowest BCUT2D eigenvalue weighted by Crippen LogP contribution is -2.44. The van der Waals surface area contributed by atoms with E-state index in [2.05, 4.69) is 49.2 Å². The number of anilines is 3. The molecule has 2 saturated heterocycles. The number of nitrogens with one attached hydrogen (secondary N) is 2. The number of rotatable bonds is 7. The van der Waals surface area contributed by atoms with Crippen LogP contribution in [0.1, 0.15) is 38.1 Å². The fourth-order valence-electron chi connectivity index (χ4n) is 4.94. The van der Waals surface area contributed by atoms with Crippen molar-refractivity contribution >= 4 is 35.0 Å². The highest BCUT2D eigenvalue weighted by atomic mass is 35.5. The standard InChI is InChI=1S/C20H25N5O3.C10H14ClN3O2/c1-13-12-28-9-8-25(13)18-10-17(11-26)21-19(24-18)14-2-4-15(5-3-14)22-20(27)23-16-6-7-16;1-7-6-16-3-2-14(7)9-4-8(5-15)12-10(11)13-9/h2-5,10,13,16,26H,6-9,11-12H2,1H3,(H2,22,23,27);4,7,15H,2-3,5-6H2,1H3/t13-;7-/m00/s1. The summed E-state index contributed by atoms with van der Waals surface area (Å²) in [5.41, 5.74) is 2.64.